The third kappa shape index (κ3) is 3.75. The van der Waals surface area contributed by atoms with E-state index in [0.29, 0.717) is 11.1 Å². The molecule has 1 N–H and O–H groups in total. The molecule has 2 aromatic rings. The fraction of sp³-hybridized carbons (Fsp3) is 0.118. The zero-order valence-electron chi connectivity index (χ0n) is 11.7. The van der Waals surface area contributed by atoms with Gasteiger partial charge in [-0.25, -0.2) is 4.79 Å². The fourth-order valence-electron chi connectivity index (χ4n) is 1.97. The van der Waals surface area contributed by atoms with E-state index in [2.05, 4.69) is 0 Å². The number of hydrogen-bond acceptors (Lipinski definition) is 1. The zero-order chi connectivity index (χ0) is 16.3. The Morgan fingerprint density at radius 2 is 1.68 bits per heavy atom. The van der Waals surface area contributed by atoms with Crippen LogP contribution in [0.25, 0.3) is 17.2 Å². The Balaban J connectivity index is 2.34. The Morgan fingerprint density at radius 3 is 2.23 bits per heavy atom. The average Bonchev–Trinajstić information content (AvgIpc) is 2.46. The highest BCUT2D eigenvalue weighted by Crippen LogP contribution is 2.31. The largest absolute Gasteiger partial charge is 0.478 e. The first-order valence-corrected chi connectivity index (χ1v) is 6.46. The predicted octanol–water partition coefficient (Wildman–Crippen LogP) is 4.86. The number of carboxylic acids is 1. The van der Waals surface area contributed by atoms with Gasteiger partial charge in [-0.3, -0.25) is 0 Å². The summed E-state index contributed by atoms with van der Waals surface area (Å²) in [5.74, 6) is -1.01. The van der Waals surface area contributed by atoms with E-state index in [0.717, 1.165) is 17.7 Å². The first-order valence-electron chi connectivity index (χ1n) is 6.46. The topological polar surface area (TPSA) is 37.3 Å². The zero-order valence-corrected chi connectivity index (χ0v) is 11.7. The van der Waals surface area contributed by atoms with Crippen molar-refractivity contribution in [2.24, 2.45) is 0 Å². The molecule has 0 unspecified atom stereocenters. The highest BCUT2D eigenvalue weighted by atomic mass is 19.4. The lowest BCUT2D eigenvalue weighted by Crippen LogP contribution is -2.03. The minimum absolute atomic E-state index is 0.185. The Kier molecular flexibility index (Phi) is 4.35. The van der Waals surface area contributed by atoms with E-state index in [9.17, 15) is 18.0 Å². The van der Waals surface area contributed by atoms with Gasteiger partial charge in [0.1, 0.15) is 0 Å². The van der Waals surface area contributed by atoms with Crippen molar-refractivity contribution in [3.63, 3.8) is 0 Å². The van der Waals surface area contributed by atoms with Gasteiger partial charge in [0.15, 0.2) is 0 Å². The molecule has 0 atom stereocenters. The van der Waals surface area contributed by atoms with E-state index in [1.807, 2.05) is 0 Å². The van der Waals surface area contributed by atoms with Crippen LogP contribution in [0.15, 0.2) is 54.1 Å². The summed E-state index contributed by atoms with van der Waals surface area (Å²) in [5.41, 5.74) is 1.52. The van der Waals surface area contributed by atoms with Crippen molar-refractivity contribution in [3.05, 3.63) is 65.2 Å². The van der Waals surface area contributed by atoms with E-state index in [1.54, 1.807) is 24.3 Å². The number of halogens is 3. The minimum Gasteiger partial charge on any atom is -0.478 e. The van der Waals surface area contributed by atoms with Crippen LogP contribution in [0.4, 0.5) is 13.2 Å². The van der Waals surface area contributed by atoms with Crippen LogP contribution in [0.3, 0.4) is 0 Å². The van der Waals surface area contributed by atoms with Crippen molar-refractivity contribution in [3.8, 4) is 11.1 Å². The number of carboxylic acid groups (broad SMARTS) is 1. The van der Waals surface area contributed by atoms with E-state index >= 15 is 0 Å². The van der Waals surface area contributed by atoms with E-state index in [-0.39, 0.29) is 5.57 Å². The fourth-order valence-corrected chi connectivity index (χ4v) is 1.97. The standard InChI is InChI=1S/C17H13F3O2/c1-11(16(21)22)9-12-3-2-4-14(10-12)13-5-7-15(8-6-13)17(18,19)20/h2-10H,1H3,(H,21,22)/b11-9+. The Morgan fingerprint density at radius 1 is 1.05 bits per heavy atom. The number of aliphatic carboxylic acids is 1. The molecular weight excluding hydrogens is 293 g/mol. The summed E-state index contributed by atoms with van der Waals surface area (Å²) in [7, 11) is 0. The third-order valence-electron chi connectivity index (χ3n) is 3.15. The molecule has 2 rings (SSSR count). The van der Waals surface area contributed by atoms with E-state index in [4.69, 9.17) is 5.11 Å². The van der Waals surface area contributed by atoms with Gasteiger partial charge in [-0.15, -0.1) is 0 Å². The summed E-state index contributed by atoms with van der Waals surface area (Å²) in [6, 6.07) is 11.8. The lowest BCUT2D eigenvalue weighted by Gasteiger charge is -2.08. The van der Waals surface area contributed by atoms with Crippen LogP contribution < -0.4 is 0 Å². The van der Waals surface area contributed by atoms with Crippen LogP contribution >= 0.6 is 0 Å². The summed E-state index contributed by atoms with van der Waals surface area (Å²) >= 11 is 0. The molecule has 22 heavy (non-hydrogen) atoms. The number of carbonyl (C=O) groups is 1. The van der Waals surface area contributed by atoms with Crippen molar-refractivity contribution >= 4 is 12.0 Å². The Labute approximate surface area is 125 Å². The molecule has 0 amide bonds. The molecule has 2 nitrogen and oxygen atoms in total. The van der Waals surface area contributed by atoms with Gasteiger partial charge in [0.2, 0.25) is 0 Å². The van der Waals surface area contributed by atoms with Gasteiger partial charge < -0.3 is 5.11 Å². The molecule has 0 bridgehead atoms. The van der Waals surface area contributed by atoms with Gasteiger partial charge in [-0.05, 0) is 47.9 Å². The molecule has 2 aromatic carbocycles. The van der Waals surface area contributed by atoms with E-state index in [1.165, 1.54) is 25.1 Å². The number of alkyl halides is 3. The summed E-state index contributed by atoms with van der Waals surface area (Å²) in [4.78, 5) is 10.8. The van der Waals surface area contributed by atoms with Crippen molar-refractivity contribution < 1.29 is 23.1 Å². The normalized spacial score (nSPS) is 12.3. The molecular formula is C17H13F3O2. The van der Waals surface area contributed by atoms with E-state index < -0.39 is 17.7 Å². The SMILES string of the molecule is C/C(=C\c1cccc(-c2ccc(C(F)(F)F)cc2)c1)C(=O)O. The predicted molar refractivity (Wildman–Crippen MR) is 78.2 cm³/mol. The maximum absolute atomic E-state index is 12.5. The second-order valence-corrected chi connectivity index (χ2v) is 4.83. The van der Waals surface area contributed by atoms with Crippen LogP contribution in [0, 0.1) is 0 Å². The van der Waals surface area contributed by atoms with Crippen LogP contribution in [0.1, 0.15) is 18.1 Å². The maximum Gasteiger partial charge on any atom is 0.416 e. The molecule has 114 valence electrons. The Hall–Kier alpha value is -2.56. The summed E-state index contributed by atoms with van der Waals surface area (Å²) in [6.07, 6.45) is -2.85. The monoisotopic (exact) mass is 306 g/mol. The molecule has 0 aliphatic rings. The first kappa shape index (κ1) is 15.8. The van der Waals surface area contributed by atoms with Gasteiger partial charge in [0.25, 0.3) is 0 Å². The maximum atomic E-state index is 12.5. The van der Waals surface area contributed by atoms with Crippen LogP contribution in [0.5, 0.6) is 0 Å². The summed E-state index contributed by atoms with van der Waals surface area (Å²) in [6.45, 7) is 1.48. The highest BCUT2D eigenvalue weighted by Gasteiger charge is 2.29. The molecule has 0 saturated heterocycles. The number of benzene rings is 2. The molecule has 0 aliphatic heterocycles. The third-order valence-corrected chi connectivity index (χ3v) is 3.15. The molecule has 0 fully saturated rings. The van der Waals surface area contributed by atoms with Crippen LogP contribution in [0.2, 0.25) is 0 Å². The summed E-state index contributed by atoms with van der Waals surface area (Å²) in [5, 5.41) is 8.86. The molecule has 0 saturated carbocycles. The molecule has 0 heterocycles. The van der Waals surface area contributed by atoms with Crippen molar-refractivity contribution in [2.75, 3.05) is 0 Å². The second kappa shape index (κ2) is 6.05. The van der Waals surface area contributed by atoms with Crippen LogP contribution in [-0.2, 0) is 11.0 Å². The molecule has 0 spiro atoms. The van der Waals surface area contributed by atoms with Gasteiger partial charge >= 0.3 is 12.1 Å². The van der Waals surface area contributed by atoms with Gasteiger partial charge in [-0.2, -0.15) is 13.2 Å². The minimum atomic E-state index is -4.36. The van der Waals surface area contributed by atoms with Crippen molar-refractivity contribution in [2.45, 2.75) is 13.1 Å². The lowest BCUT2D eigenvalue weighted by atomic mass is 10.0. The van der Waals surface area contributed by atoms with Crippen molar-refractivity contribution in [1.29, 1.82) is 0 Å². The molecule has 5 heteroatoms. The second-order valence-electron chi connectivity index (χ2n) is 4.83. The summed E-state index contributed by atoms with van der Waals surface area (Å²) < 4.78 is 37.6. The molecule has 0 aromatic heterocycles. The number of rotatable bonds is 3. The average molecular weight is 306 g/mol. The Bertz CT molecular complexity index is 713. The lowest BCUT2D eigenvalue weighted by molar-refractivity contribution is -0.137. The highest BCUT2D eigenvalue weighted by molar-refractivity contribution is 5.91. The first-order chi connectivity index (χ1) is 10.3. The quantitative estimate of drug-likeness (QED) is 0.822. The van der Waals surface area contributed by atoms with Gasteiger partial charge in [0, 0.05) is 5.57 Å². The van der Waals surface area contributed by atoms with Gasteiger partial charge in [-0.1, -0.05) is 30.3 Å². The van der Waals surface area contributed by atoms with Crippen molar-refractivity contribution in [1.82, 2.24) is 0 Å². The molecule has 0 radical (unpaired) electrons. The van der Waals surface area contributed by atoms with Crippen LogP contribution in [-0.4, -0.2) is 11.1 Å². The molecule has 0 aliphatic carbocycles. The van der Waals surface area contributed by atoms with Gasteiger partial charge in [0.05, 0.1) is 5.56 Å². The smallest absolute Gasteiger partial charge is 0.416 e. The number of hydrogen-bond donors (Lipinski definition) is 1.